The maximum absolute atomic E-state index is 11.6. The maximum atomic E-state index is 11.6. The number of aliphatic hydroxyl groups excluding tert-OH is 1. The van der Waals surface area contributed by atoms with Crippen LogP contribution in [0.15, 0.2) is 24.3 Å². The predicted molar refractivity (Wildman–Crippen MR) is 80.8 cm³/mol. The zero-order valence-corrected chi connectivity index (χ0v) is 12.7. The third-order valence-electron chi connectivity index (χ3n) is 2.62. The highest BCUT2D eigenvalue weighted by Crippen LogP contribution is 2.26. The molecular formula is C15H19NO3S. The number of hydrogen-bond acceptors (Lipinski definition) is 4. The van der Waals surface area contributed by atoms with E-state index >= 15 is 0 Å². The SMILES string of the molecule is CC(C)(C)OC(=O)NCc1ccc2sc(CO)cc2c1. The van der Waals surface area contributed by atoms with Crippen LogP contribution in [0.5, 0.6) is 0 Å². The van der Waals surface area contributed by atoms with E-state index in [9.17, 15) is 4.79 Å². The van der Waals surface area contributed by atoms with E-state index in [0.717, 1.165) is 20.5 Å². The third-order valence-corrected chi connectivity index (χ3v) is 3.72. The fraction of sp³-hybridized carbons (Fsp3) is 0.400. The molecule has 0 radical (unpaired) electrons. The van der Waals surface area contributed by atoms with Crippen molar-refractivity contribution in [1.82, 2.24) is 5.32 Å². The second-order valence-corrected chi connectivity index (χ2v) is 6.77. The number of fused-ring (bicyclic) bond motifs is 1. The number of alkyl carbamates (subject to hydrolysis) is 1. The highest BCUT2D eigenvalue weighted by atomic mass is 32.1. The molecule has 1 aromatic heterocycles. The first kappa shape index (κ1) is 14.8. The van der Waals surface area contributed by atoms with Gasteiger partial charge in [-0.15, -0.1) is 11.3 Å². The number of aliphatic hydroxyl groups is 1. The second-order valence-electron chi connectivity index (χ2n) is 5.60. The molecule has 0 aliphatic heterocycles. The molecule has 0 atom stereocenters. The van der Waals surface area contributed by atoms with Gasteiger partial charge in [-0.3, -0.25) is 0 Å². The summed E-state index contributed by atoms with van der Waals surface area (Å²) >= 11 is 1.58. The van der Waals surface area contributed by atoms with Crippen molar-refractivity contribution in [2.24, 2.45) is 0 Å². The summed E-state index contributed by atoms with van der Waals surface area (Å²) in [6.07, 6.45) is -0.418. The van der Waals surface area contributed by atoms with Crippen LogP contribution in [0.1, 0.15) is 31.2 Å². The zero-order valence-electron chi connectivity index (χ0n) is 11.9. The van der Waals surface area contributed by atoms with Crippen LogP contribution in [-0.4, -0.2) is 16.8 Å². The van der Waals surface area contributed by atoms with Gasteiger partial charge < -0.3 is 15.2 Å². The Hall–Kier alpha value is -1.59. The summed E-state index contributed by atoms with van der Waals surface area (Å²) < 4.78 is 6.32. The Labute approximate surface area is 122 Å². The fourth-order valence-corrected chi connectivity index (χ4v) is 2.73. The van der Waals surface area contributed by atoms with E-state index in [4.69, 9.17) is 9.84 Å². The van der Waals surface area contributed by atoms with Crippen LogP contribution in [0.25, 0.3) is 10.1 Å². The Morgan fingerprint density at radius 2 is 2.10 bits per heavy atom. The highest BCUT2D eigenvalue weighted by Gasteiger charge is 2.15. The van der Waals surface area contributed by atoms with Gasteiger partial charge in [-0.05, 0) is 49.9 Å². The van der Waals surface area contributed by atoms with Crippen LogP contribution in [0.3, 0.4) is 0 Å². The quantitative estimate of drug-likeness (QED) is 0.911. The Balaban J connectivity index is 2.01. The number of amides is 1. The summed E-state index contributed by atoms with van der Waals surface area (Å²) in [5.74, 6) is 0. The minimum atomic E-state index is -0.489. The molecule has 1 amide bonds. The van der Waals surface area contributed by atoms with Crippen molar-refractivity contribution in [3.63, 3.8) is 0 Å². The molecule has 0 bridgehead atoms. The molecule has 2 N–H and O–H groups in total. The van der Waals surface area contributed by atoms with Crippen molar-refractivity contribution < 1.29 is 14.6 Å². The predicted octanol–water partition coefficient (Wildman–Crippen LogP) is 3.42. The minimum Gasteiger partial charge on any atom is -0.444 e. The smallest absolute Gasteiger partial charge is 0.407 e. The van der Waals surface area contributed by atoms with Gasteiger partial charge in [-0.25, -0.2) is 4.79 Å². The van der Waals surface area contributed by atoms with Gasteiger partial charge in [-0.2, -0.15) is 0 Å². The molecule has 0 unspecified atom stereocenters. The van der Waals surface area contributed by atoms with E-state index in [0.29, 0.717) is 6.54 Å². The molecule has 0 fully saturated rings. The third kappa shape index (κ3) is 3.95. The van der Waals surface area contributed by atoms with Crippen LogP contribution in [-0.2, 0) is 17.9 Å². The molecule has 0 saturated heterocycles. The fourth-order valence-electron chi connectivity index (χ4n) is 1.82. The lowest BCUT2D eigenvalue weighted by molar-refractivity contribution is 0.0523. The standard InChI is InChI=1S/C15H19NO3S/c1-15(2,3)19-14(18)16-8-10-4-5-13-11(6-10)7-12(9-17)20-13/h4-7,17H,8-9H2,1-3H3,(H,16,18). The first-order valence-corrected chi connectivity index (χ1v) is 7.28. The van der Waals surface area contributed by atoms with Gasteiger partial charge in [0.25, 0.3) is 0 Å². The maximum Gasteiger partial charge on any atom is 0.407 e. The Bertz CT molecular complexity index is 613. The zero-order chi connectivity index (χ0) is 14.8. The Morgan fingerprint density at radius 3 is 2.75 bits per heavy atom. The van der Waals surface area contributed by atoms with Crippen molar-refractivity contribution in [2.75, 3.05) is 0 Å². The Kier molecular flexibility index (Phi) is 4.30. The number of thiophene rings is 1. The number of nitrogens with one attached hydrogen (secondary N) is 1. The van der Waals surface area contributed by atoms with E-state index in [-0.39, 0.29) is 6.61 Å². The molecule has 20 heavy (non-hydrogen) atoms. The van der Waals surface area contributed by atoms with Crippen LogP contribution < -0.4 is 5.32 Å². The summed E-state index contributed by atoms with van der Waals surface area (Å²) in [5.41, 5.74) is 0.517. The van der Waals surface area contributed by atoms with Crippen LogP contribution in [0.2, 0.25) is 0 Å². The van der Waals surface area contributed by atoms with Crippen molar-refractivity contribution in [3.05, 3.63) is 34.7 Å². The van der Waals surface area contributed by atoms with Crippen molar-refractivity contribution in [3.8, 4) is 0 Å². The number of carbonyl (C=O) groups excluding carboxylic acids is 1. The monoisotopic (exact) mass is 293 g/mol. The van der Waals surface area contributed by atoms with Gasteiger partial charge in [0.1, 0.15) is 5.60 Å². The van der Waals surface area contributed by atoms with Crippen LogP contribution in [0.4, 0.5) is 4.79 Å². The molecule has 0 aliphatic carbocycles. The van der Waals surface area contributed by atoms with E-state index in [2.05, 4.69) is 5.32 Å². The van der Waals surface area contributed by atoms with Crippen molar-refractivity contribution >= 4 is 27.5 Å². The van der Waals surface area contributed by atoms with E-state index < -0.39 is 11.7 Å². The van der Waals surface area contributed by atoms with E-state index in [1.807, 2.05) is 45.0 Å². The Morgan fingerprint density at radius 1 is 1.35 bits per heavy atom. The number of ether oxygens (including phenoxy) is 1. The molecule has 108 valence electrons. The largest absolute Gasteiger partial charge is 0.444 e. The molecule has 0 saturated carbocycles. The lowest BCUT2D eigenvalue weighted by Gasteiger charge is -2.19. The van der Waals surface area contributed by atoms with Gasteiger partial charge in [0, 0.05) is 16.1 Å². The van der Waals surface area contributed by atoms with Crippen LogP contribution in [0, 0.1) is 0 Å². The normalized spacial score (nSPS) is 11.6. The lowest BCUT2D eigenvalue weighted by Crippen LogP contribution is -2.32. The molecular weight excluding hydrogens is 274 g/mol. The molecule has 1 heterocycles. The van der Waals surface area contributed by atoms with Gasteiger partial charge in [0.05, 0.1) is 6.61 Å². The number of rotatable bonds is 3. The molecule has 1 aromatic carbocycles. The lowest BCUT2D eigenvalue weighted by atomic mass is 10.1. The van der Waals surface area contributed by atoms with E-state index in [1.165, 1.54) is 0 Å². The summed E-state index contributed by atoms with van der Waals surface area (Å²) in [6, 6.07) is 7.96. The minimum absolute atomic E-state index is 0.0604. The van der Waals surface area contributed by atoms with Gasteiger partial charge >= 0.3 is 6.09 Å². The molecule has 2 aromatic rings. The van der Waals surface area contributed by atoms with Crippen molar-refractivity contribution in [2.45, 2.75) is 39.5 Å². The van der Waals surface area contributed by atoms with Gasteiger partial charge in [0.2, 0.25) is 0 Å². The highest BCUT2D eigenvalue weighted by molar-refractivity contribution is 7.19. The molecule has 0 spiro atoms. The molecule has 4 nitrogen and oxygen atoms in total. The van der Waals surface area contributed by atoms with Gasteiger partial charge in [0.15, 0.2) is 0 Å². The summed E-state index contributed by atoms with van der Waals surface area (Å²) in [4.78, 5) is 12.5. The number of hydrogen-bond donors (Lipinski definition) is 2. The van der Waals surface area contributed by atoms with Crippen molar-refractivity contribution in [1.29, 1.82) is 0 Å². The number of carbonyl (C=O) groups is 1. The summed E-state index contributed by atoms with van der Waals surface area (Å²) in [6.45, 7) is 5.99. The number of benzene rings is 1. The second kappa shape index (κ2) is 5.81. The topological polar surface area (TPSA) is 58.6 Å². The average Bonchev–Trinajstić information content (AvgIpc) is 2.76. The summed E-state index contributed by atoms with van der Waals surface area (Å²) in [5, 5.41) is 12.9. The molecule has 2 rings (SSSR count). The average molecular weight is 293 g/mol. The summed E-state index contributed by atoms with van der Waals surface area (Å²) in [7, 11) is 0. The first-order chi connectivity index (χ1) is 9.37. The molecule has 5 heteroatoms. The van der Waals surface area contributed by atoms with Crippen LogP contribution >= 0.6 is 11.3 Å². The first-order valence-electron chi connectivity index (χ1n) is 6.46. The van der Waals surface area contributed by atoms with E-state index in [1.54, 1.807) is 11.3 Å². The molecule has 0 aliphatic rings. The van der Waals surface area contributed by atoms with Gasteiger partial charge in [-0.1, -0.05) is 6.07 Å².